The number of carbonyl (C=O) groups excluding carboxylic acids is 3. The molecular formula is C18H22AsNO6. The molecule has 26 heavy (non-hydrogen) atoms. The molecule has 2 aromatic rings. The van der Waals surface area contributed by atoms with E-state index in [9.17, 15) is 14.4 Å². The summed E-state index contributed by atoms with van der Waals surface area (Å²) in [6.07, 6.45) is -0.680. The van der Waals surface area contributed by atoms with Gasteiger partial charge in [0.1, 0.15) is 0 Å². The van der Waals surface area contributed by atoms with Crippen molar-refractivity contribution in [3.63, 3.8) is 0 Å². The van der Waals surface area contributed by atoms with Gasteiger partial charge in [0, 0.05) is 0 Å². The Hall–Kier alpha value is -2.27. The molecule has 2 rings (SSSR count). The summed E-state index contributed by atoms with van der Waals surface area (Å²) in [5, 5.41) is 0.599. The molecule has 0 aliphatic rings. The van der Waals surface area contributed by atoms with Gasteiger partial charge in [0.2, 0.25) is 0 Å². The summed E-state index contributed by atoms with van der Waals surface area (Å²) in [6.45, 7) is 7.09. The molecule has 0 amide bonds. The molecule has 0 N–H and O–H groups in total. The molecule has 140 valence electrons. The Morgan fingerprint density at radius 1 is 1.15 bits per heavy atom. The number of ether oxygens (including phenoxy) is 3. The quantitative estimate of drug-likeness (QED) is 0.424. The normalized spacial score (nSPS) is 11.3. The summed E-state index contributed by atoms with van der Waals surface area (Å²) >= 11 is 1.14. The zero-order valence-corrected chi connectivity index (χ0v) is 17.8. The fourth-order valence-electron chi connectivity index (χ4n) is 2.46. The predicted molar refractivity (Wildman–Crippen MR) is 99.0 cm³/mol. The van der Waals surface area contributed by atoms with Crippen LogP contribution in [0.1, 0.15) is 48.5 Å². The van der Waals surface area contributed by atoms with E-state index in [0.717, 1.165) is 16.9 Å². The molecule has 1 atom stereocenters. The van der Waals surface area contributed by atoms with Crippen LogP contribution in [-0.2, 0) is 14.2 Å². The van der Waals surface area contributed by atoms with Crippen LogP contribution in [0.2, 0.25) is 0 Å². The topological polar surface area (TPSA) is 83.8 Å². The van der Waals surface area contributed by atoms with E-state index in [1.807, 2.05) is 0 Å². The van der Waals surface area contributed by atoms with Gasteiger partial charge in [0.25, 0.3) is 0 Å². The maximum absolute atomic E-state index is 12.7. The zero-order valence-electron chi connectivity index (χ0n) is 15.4. The van der Waals surface area contributed by atoms with Gasteiger partial charge in [0.05, 0.1) is 0 Å². The Morgan fingerprint density at radius 3 is 2.35 bits per heavy atom. The van der Waals surface area contributed by atoms with Crippen LogP contribution in [0.3, 0.4) is 0 Å². The zero-order chi connectivity index (χ0) is 19.6. The second kappa shape index (κ2) is 7.54. The first-order chi connectivity index (χ1) is 12.1. The first kappa shape index (κ1) is 20.0. The number of benzene rings is 1. The van der Waals surface area contributed by atoms with Gasteiger partial charge in [-0.05, 0) is 0 Å². The number of carbonyl (C=O) groups is 3. The van der Waals surface area contributed by atoms with Crippen molar-refractivity contribution < 1.29 is 28.6 Å². The Morgan fingerprint density at radius 2 is 1.81 bits per heavy atom. The van der Waals surface area contributed by atoms with Gasteiger partial charge in [-0.25, -0.2) is 0 Å². The summed E-state index contributed by atoms with van der Waals surface area (Å²) in [5.41, 5.74) is 0.174. The van der Waals surface area contributed by atoms with E-state index < -0.39 is 23.6 Å². The van der Waals surface area contributed by atoms with Crippen LogP contribution in [0.25, 0.3) is 10.9 Å². The molecule has 1 unspecified atom stereocenters. The van der Waals surface area contributed by atoms with Crippen LogP contribution in [0.5, 0.6) is 0 Å². The van der Waals surface area contributed by atoms with Crippen molar-refractivity contribution in [2.45, 2.75) is 33.3 Å². The summed E-state index contributed by atoms with van der Waals surface area (Å²) in [6, 6.07) is 4.73. The molecule has 0 aliphatic carbocycles. The number of hydrogen-bond donors (Lipinski definition) is 0. The molecule has 0 radical (unpaired) electrons. The van der Waals surface area contributed by atoms with Crippen molar-refractivity contribution in [2.24, 2.45) is 0 Å². The third-order valence-corrected chi connectivity index (χ3v) is 4.70. The van der Waals surface area contributed by atoms with Crippen LogP contribution in [0.15, 0.2) is 18.2 Å². The second-order valence-electron chi connectivity index (χ2n) is 6.52. The molecular weight excluding hydrogens is 401 g/mol. The van der Waals surface area contributed by atoms with Crippen LogP contribution >= 0.6 is 0 Å². The van der Waals surface area contributed by atoms with Crippen LogP contribution in [0, 0.1) is 0 Å². The van der Waals surface area contributed by atoms with Crippen molar-refractivity contribution in [1.29, 1.82) is 0 Å². The predicted octanol–water partition coefficient (Wildman–Crippen LogP) is 1.65. The van der Waals surface area contributed by atoms with Crippen LogP contribution < -0.4 is 4.35 Å². The van der Waals surface area contributed by atoms with E-state index in [1.165, 1.54) is 17.7 Å². The van der Waals surface area contributed by atoms with Crippen molar-refractivity contribution >= 4 is 50.1 Å². The Balaban J connectivity index is 2.73. The Labute approximate surface area is 160 Å². The van der Waals surface area contributed by atoms with Gasteiger partial charge in [-0.15, -0.1) is 0 Å². The number of rotatable bonds is 3. The summed E-state index contributed by atoms with van der Waals surface area (Å²) in [4.78, 5) is 37.0. The molecule has 8 heteroatoms. The SMILES string of the molecule is CCOC(=O)c1c([AsH2])c2cc(C(=O)OC)ccc2n1C(=O)OC(C)(C)C. The van der Waals surface area contributed by atoms with E-state index in [4.69, 9.17) is 14.2 Å². The van der Waals surface area contributed by atoms with Crippen molar-refractivity contribution in [2.75, 3.05) is 13.7 Å². The third kappa shape index (κ3) is 3.93. The second-order valence-corrected chi connectivity index (χ2v) is 7.73. The molecule has 7 nitrogen and oxygen atoms in total. The third-order valence-electron chi connectivity index (χ3n) is 3.47. The fraction of sp³-hybridized carbons (Fsp3) is 0.389. The van der Waals surface area contributed by atoms with Crippen LogP contribution in [0.4, 0.5) is 4.79 Å². The minimum absolute atomic E-state index is 0.109. The van der Waals surface area contributed by atoms with E-state index in [2.05, 4.69) is 0 Å². The number of aromatic nitrogens is 1. The maximum atomic E-state index is 12.7. The Kier molecular flexibility index (Phi) is 5.81. The van der Waals surface area contributed by atoms with E-state index >= 15 is 0 Å². The number of fused-ring (bicyclic) bond motifs is 1. The molecule has 0 saturated carbocycles. The molecule has 0 spiro atoms. The van der Waals surface area contributed by atoms with Gasteiger partial charge in [-0.1, -0.05) is 0 Å². The van der Waals surface area contributed by atoms with Gasteiger partial charge in [-0.2, -0.15) is 0 Å². The molecule has 0 aliphatic heterocycles. The first-order valence-electron chi connectivity index (χ1n) is 8.03. The fourth-order valence-corrected chi connectivity index (χ4v) is 3.46. The molecule has 0 bridgehead atoms. The average Bonchev–Trinajstić information content (AvgIpc) is 2.85. The number of methoxy groups -OCH3 is 1. The van der Waals surface area contributed by atoms with Crippen LogP contribution in [-0.4, -0.2) is 58.8 Å². The summed E-state index contributed by atoms with van der Waals surface area (Å²) < 4.78 is 17.1. The molecule has 0 saturated heterocycles. The molecule has 1 aromatic heterocycles. The van der Waals surface area contributed by atoms with Gasteiger partial charge >= 0.3 is 160 Å². The van der Waals surface area contributed by atoms with E-state index in [-0.39, 0.29) is 12.3 Å². The first-order valence-corrected chi connectivity index (χ1v) is 9.24. The summed E-state index contributed by atoms with van der Waals surface area (Å²) in [7, 11) is 1.29. The van der Waals surface area contributed by atoms with E-state index in [1.54, 1.807) is 39.8 Å². The van der Waals surface area contributed by atoms with Crippen molar-refractivity contribution in [3.8, 4) is 0 Å². The monoisotopic (exact) mass is 423 g/mol. The van der Waals surface area contributed by atoms with E-state index in [0.29, 0.717) is 20.8 Å². The van der Waals surface area contributed by atoms with Crippen molar-refractivity contribution in [3.05, 3.63) is 29.5 Å². The molecule has 1 aromatic carbocycles. The molecule has 0 fully saturated rings. The number of nitrogens with zero attached hydrogens (tertiary/aromatic N) is 1. The minimum atomic E-state index is -0.732. The van der Waals surface area contributed by atoms with Gasteiger partial charge in [-0.3, -0.25) is 0 Å². The number of esters is 2. The standard InChI is InChI=1S/C18H22AsNO6/c1-6-25-16(22)14-13(19)11-9-10(15(21)24-5)7-8-12(11)20(14)17(23)26-18(2,3)4/h7-9H,6,19H2,1-5H3. The molecule has 1 heterocycles. The van der Waals surface area contributed by atoms with Gasteiger partial charge < -0.3 is 0 Å². The number of hydrogen-bond acceptors (Lipinski definition) is 6. The van der Waals surface area contributed by atoms with Crippen molar-refractivity contribution in [1.82, 2.24) is 4.57 Å². The average molecular weight is 423 g/mol. The Bertz CT molecular complexity index is 878. The summed E-state index contributed by atoms with van der Waals surface area (Å²) in [5.74, 6) is -1.12. The van der Waals surface area contributed by atoms with Gasteiger partial charge in [0.15, 0.2) is 0 Å².